The molecule has 0 bridgehead atoms. The van der Waals surface area contributed by atoms with Crippen molar-refractivity contribution >= 4 is 15.9 Å². The van der Waals surface area contributed by atoms with Crippen LogP contribution in [-0.4, -0.2) is 51.8 Å². The molecule has 114 valence electrons. The van der Waals surface area contributed by atoms with Gasteiger partial charge in [-0.3, -0.25) is 4.68 Å². The molecule has 2 aromatic rings. The summed E-state index contributed by atoms with van der Waals surface area (Å²) in [5.41, 5.74) is 2.04. The highest BCUT2D eigenvalue weighted by molar-refractivity contribution is 9.10. The molecule has 0 radical (unpaired) electrons. The minimum absolute atomic E-state index is 0.00274. The van der Waals surface area contributed by atoms with Crippen LogP contribution in [0.25, 0.3) is 0 Å². The summed E-state index contributed by atoms with van der Waals surface area (Å²) in [5, 5.41) is 7.95. The van der Waals surface area contributed by atoms with Crippen LogP contribution in [0, 0.1) is 0 Å². The summed E-state index contributed by atoms with van der Waals surface area (Å²) in [6.07, 6.45) is 5.19. The van der Waals surface area contributed by atoms with Gasteiger partial charge in [0.25, 0.3) is 0 Å². The van der Waals surface area contributed by atoms with E-state index in [0.717, 1.165) is 35.5 Å². The normalized spacial score (nSPS) is 12.8. The van der Waals surface area contributed by atoms with Gasteiger partial charge in [0.05, 0.1) is 34.6 Å². The van der Waals surface area contributed by atoms with Gasteiger partial charge in [0.15, 0.2) is 0 Å². The standard InChI is InChI=1S/C14H21BrN6/c1-4-17-13(12-5-6-16-10-18-12)14-11(15)9-19-21(14)8-7-20(2)3/h5-6,9-10,13,17H,4,7-8H2,1-3H3. The van der Waals surface area contributed by atoms with Gasteiger partial charge < -0.3 is 10.2 Å². The zero-order chi connectivity index (χ0) is 15.2. The van der Waals surface area contributed by atoms with E-state index in [1.54, 1.807) is 12.5 Å². The van der Waals surface area contributed by atoms with Crippen molar-refractivity contribution in [2.45, 2.75) is 19.5 Å². The van der Waals surface area contributed by atoms with Gasteiger partial charge in [-0.1, -0.05) is 6.92 Å². The van der Waals surface area contributed by atoms with Gasteiger partial charge in [-0.2, -0.15) is 5.10 Å². The minimum atomic E-state index is -0.00274. The Labute approximate surface area is 133 Å². The van der Waals surface area contributed by atoms with E-state index in [1.807, 2.05) is 16.9 Å². The van der Waals surface area contributed by atoms with Crippen LogP contribution < -0.4 is 5.32 Å². The molecule has 6 nitrogen and oxygen atoms in total. The van der Waals surface area contributed by atoms with E-state index in [9.17, 15) is 0 Å². The molecule has 0 aliphatic heterocycles. The molecule has 0 spiro atoms. The zero-order valence-electron chi connectivity index (χ0n) is 12.6. The SMILES string of the molecule is CCNC(c1ccncn1)c1c(Br)cnn1CCN(C)C. The lowest BCUT2D eigenvalue weighted by Gasteiger charge is -2.20. The zero-order valence-corrected chi connectivity index (χ0v) is 14.2. The number of nitrogens with one attached hydrogen (secondary N) is 1. The molecule has 0 amide bonds. The number of halogens is 1. The fourth-order valence-electron chi connectivity index (χ4n) is 2.15. The van der Waals surface area contributed by atoms with Crippen molar-refractivity contribution in [3.8, 4) is 0 Å². The average molecular weight is 353 g/mol. The van der Waals surface area contributed by atoms with E-state index < -0.39 is 0 Å². The van der Waals surface area contributed by atoms with Crippen molar-refractivity contribution in [2.24, 2.45) is 0 Å². The Morgan fingerprint density at radius 3 is 2.86 bits per heavy atom. The van der Waals surface area contributed by atoms with E-state index in [2.05, 4.69) is 62.2 Å². The van der Waals surface area contributed by atoms with E-state index in [0.29, 0.717) is 0 Å². The number of aromatic nitrogens is 4. The molecule has 0 saturated heterocycles. The van der Waals surface area contributed by atoms with Gasteiger partial charge >= 0.3 is 0 Å². The lowest BCUT2D eigenvalue weighted by molar-refractivity contribution is 0.365. The van der Waals surface area contributed by atoms with Crippen LogP contribution in [-0.2, 0) is 6.54 Å². The summed E-state index contributed by atoms with van der Waals surface area (Å²) in [7, 11) is 4.12. The van der Waals surface area contributed by atoms with Crippen LogP contribution in [0.15, 0.2) is 29.3 Å². The molecule has 2 heterocycles. The number of rotatable bonds is 7. The molecule has 2 rings (SSSR count). The maximum absolute atomic E-state index is 4.48. The van der Waals surface area contributed by atoms with E-state index >= 15 is 0 Å². The first-order valence-corrected chi connectivity index (χ1v) is 7.78. The molecule has 7 heteroatoms. The molecular weight excluding hydrogens is 332 g/mol. The average Bonchev–Trinajstić information content (AvgIpc) is 2.84. The van der Waals surface area contributed by atoms with Crippen LogP contribution in [0.1, 0.15) is 24.4 Å². The second kappa shape index (κ2) is 7.63. The predicted molar refractivity (Wildman–Crippen MR) is 86.0 cm³/mol. The molecule has 1 unspecified atom stereocenters. The Hall–Kier alpha value is -1.31. The third-order valence-electron chi connectivity index (χ3n) is 3.17. The number of likely N-dealkylation sites (N-methyl/N-ethyl adjacent to an activating group) is 1. The Kier molecular flexibility index (Phi) is 5.84. The Morgan fingerprint density at radius 2 is 2.24 bits per heavy atom. The van der Waals surface area contributed by atoms with Crippen LogP contribution in [0.4, 0.5) is 0 Å². The van der Waals surface area contributed by atoms with Gasteiger partial charge in [-0.25, -0.2) is 9.97 Å². The number of hydrogen-bond acceptors (Lipinski definition) is 5. The number of hydrogen-bond donors (Lipinski definition) is 1. The fraction of sp³-hybridized carbons (Fsp3) is 0.500. The van der Waals surface area contributed by atoms with Gasteiger partial charge in [0.1, 0.15) is 6.33 Å². The van der Waals surface area contributed by atoms with E-state index in [1.165, 1.54) is 0 Å². The van der Waals surface area contributed by atoms with Gasteiger partial charge in [0.2, 0.25) is 0 Å². The van der Waals surface area contributed by atoms with Crippen molar-refractivity contribution in [3.05, 3.63) is 40.6 Å². The smallest absolute Gasteiger partial charge is 0.115 e. The second-order valence-electron chi connectivity index (χ2n) is 5.03. The summed E-state index contributed by atoms with van der Waals surface area (Å²) in [6.45, 7) is 4.70. The highest BCUT2D eigenvalue weighted by atomic mass is 79.9. The van der Waals surface area contributed by atoms with Gasteiger partial charge in [-0.05, 0) is 42.6 Å². The molecule has 1 N–H and O–H groups in total. The molecule has 21 heavy (non-hydrogen) atoms. The molecule has 2 aromatic heterocycles. The summed E-state index contributed by atoms with van der Waals surface area (Å²) >= 11 is 3.61. The first-order valence-electron chi connectivity index (χ1n) is 6.98. The van der Waals surface area contributed by atoms with E-state index in [-0.39, 0.29) is 6.04 Å². The Bertz CT molecular complexity index is 554. The molecule has 0 fully saturated rings. The third-order valence-corrected chi connectivity index (χ3v) is 3.79. The summed E-state index contributed by atoms with van der Waals surface area (Å²) in [5.74, 6) is 0. The maximum Gasteiger partial charge on any atom is 0.115 e. The van der Waals surface area contributed by atoms with Gasteiger partial charge in [-0.15, -0.1) is 0 Å². The minimum Gasteiger partial charge on any atom is -0.308 e. The first-order chi connectivity index (χ1) is 10.1. The number of nitrogens with zero attached hydrogens (tertiary/aromatic N) is 5. The van der Waals surface area contributed by atoms with Gasteiger partial charge in [0, 0.05) is 12.7 Å². The topological polar surface area (TPSA) is 58.9 Å². The second-order valence-corrected chi connectivity index (χ2v) is 5.88. The largest absolute Gasteiger partial charge is 0.308 e. The van der Waals surface area contributed by atoms with Crippen LogP contribution in [0.5, 0.6) is 0 Å². The highest BCUT2D eigenvalue weighted by Gasteiger charge is 2.22. The van der Waals surface area contributed by atoms with Crippen LogP contribution in [0.2, 0.25) is 0 Å². The fourth-order valence-corrected chi connectivity index (χ4v) is 2.67. The summed E-state index contributed by atoms with van der Waals surface area (Å²) in [6, 6.07) is 1.93. The molecule has 1 atom stereocenters. The van der Waals surface area contributed by atoms with E-state index in [4.69, 9.17) is 0 Å². The summed E-state index contributed by atoms with van der Waals surface area (Å²) < 4.78 is 3.02. The highest BCUT2D eigenvalue weighted by Crippen LogP contribution is 2.27. The van der Waals surface area contributed by atoms with Crippen molar-refractivity contribution in [2.75, 3.05) is 27.2 Å². The van der Waals surface area contributed by atoms with Crippen molar-refractivity contribution in [3.63, 3.8) is 0 Å². The van der Waals surface area contributed by atoms with Crippen molar-refractivity contribution in [1.82, 2.24) is 30.0 Å². The lowest BCUT2D eigenvalue weighted by Crippen LogP contribution is -2.28. The Balaban J connectivity index is 2.34. The molecular formula is C14H21BrN6. The Morgan fingerprint density at radius 1 is 1.43 bits per heavy atom. The molecule has 0 aliphatic rings. The summed E-state index contributed by atoms with van der Waals surface area (Å²) in [4.78, 5) is 10.5. The maximum atomic E-state index is 4.48. The monoisotopic (exact) mass is 352 g/mol. The van der Waals surface area contributed by atoms with Crippen molar-refractivity contribution < 1.29 is 0 Å². The molecule has 0 saturated carbocycles. The molecule has 0 aromatic carbocycles. The first kappa shape index (κ1) is 16.1. The quantitative estimate of drug-likeness (QED) is 0.821. The van der Waals surface area contributed by atoms with Crippen LogP contribution in [0.3, 0.4) is 0 Å². The van der Waals surface area contributed by atoms with Crippen LogP contribution >= 0.6 is 15.9 Å². The lowest BCUT2D eigenvalue weighted by atomic mass is 10.1. The third kappa shape index (κ3) is 4.09. The van der Waals surface area contributed by atoms with Crippen molar-refractivity contribution in [1.29, 1.82) is 0 Å². The predicted octanol–water partition coefficient (Wildman–Crippen LogP) is 1.70. The molecule has 0 aliphatic carbocycles.